The number of hydrogen-bond acceptors (Lipinski definition) is 8. The molecule has 328 valence electrons. The van der Waals surface area contributed by atoms with Crippen molar-refractivity contribution in [2.75, 3.05) is 79.3 Å². The molecule has 6 aromatic rings. The topological polar surface area (TPSA) is 73.8 Å². The van der Waals surface area contributed by atoms with Crippen molar-refractivity contribution in [3.8, 4) is 106 Å². The lowest BCUT2D eigenvalue weighted by Gasteiger charge is -2.26. The summed E-state index contributed by atoms with van der Waals surface area (Å²) in [5.41, 5.74) is 9.00. The molecule has 0 atom stereocenters. The van der Waals surface area contributed by atoms with Gasteiger partial charge in [0.25, 0.3) is 0 Å². The van der Waals surface area contributed by atoms with Gasteiger partial charge in [-0.2, -0.15) is 0 Å². The zero-order chi connectivity index (χ0) is 45.3. The van der Waals surface area contributed by atoms with Gasteiger partial charge in [-0.15, -0.1) is 25.7 Å². The first-order valence-electron chi connectivity index (χ1n) is 21.3. The normalized spacial score (nSPS) is 10.6. The van der Waals surface area contributed by atoms with Gasteiger partial charge < -0.3 is 37.9 Å². The quantitative estimate of drug-likeness (QED) is 0.0303. The van der Waals surface area contributed by atoms with Crippen molar-refractivity contribution in [2.45, 2.75) is 5.92 Å². The van der Waals surface area contributed by atoms with Gasteiger partial charge in [0.05, 0.1) is 26.4 Å². The Morgan fingerprint density at radius 1 is 0.338 bits per heavy atom. The third-order valence-electron chi connectivity index (χ3n) is 10.1. The van der Waals surface area contributed by atoms with Crippen molar-refractivity contribution in [1.82, 2.24) is 0 Å². The summed E-state index contributed by atoms with van der Waals surface area (Å²) < 4.78 is 47.0. The number of benzene rings is 6. The van der Waals surface area contributed by atoms with Crippen molar-refractivity contribution in [3.63, 3.8) is 0 Å². The highest BCUT2D eigenvalue weighted by atomic mass is 16.5. The van der Waals surface area contributed by atoms with Crippen molar-refractivity contribution in [2.24, 2.45) is 0 Å². The van der Waals surface area contributed by atoms with E-state index in [4.69, 9.17) is 63.6 Å². The second kappa shape index (κ2) is 26.3. The molecule has 0 aliphatic rings. The molecule has 0 amide bonds. The van der Waals surface area contributed by atoms with Crippen molar-refractivity contribution in [1.29, 1.82) is 0 Å². The van der Waals surface area contributed by atoms with Gasteiger partial charge in [0.2, 0.25) is 0 Å². The summed E-state index contributed by atoms with van der Waals surface area (Å²) in [6.07, 6.45) is 21.6. The van der Waals surface area contributed by atoms with Crippen molar-refractivity contribution in [3.05, 3.63) is 156 Å². The number of terminal acetylenes is 4. The van der Waals surface area contributed by atoms with Gasteiger partial charge in [-0.3, -0.25) is 0 Å². The molecule has 0 saturated heterocycles. The molecule has 0 spiro atoms. The Morgan fingerprint density at radius 2 is 0.677 bits per heavy atom. The Balaban J connectivity index is 1.46. The van der Waals surface area contributed by atoms with Crippen molar-refractivity contribution < 1.29 is 37.9 Å². The highest BCUT2D eigenvalue weighted by Gasteiger charge is 2.26. The fraction of sp³-hybridized carbons (Fsp3) is 0.228. The second-order valence-corrected chi connectivity index (χ2v) is 14.4. The monoisotopic (exact) mass is 864 g/mol. The summed E-state index contributed by atoms with van der Waals surface area (Å²) >= 11 is 0. The molecule has 0 fully saturated rings. The summed E-state index contributed by atoms with van der Waals surface area (Å²) in [7, 11) is 0. The highest BCUT2D eigenvalue weighted by molar-refractivity contribution is 5.72. The highest BCUT2D eigenvalue weighted by Crippen LogP contribution is 2.45. The minimum absolute atomic E-state index is 0.190. The molecule has 0 aromatic heterocycles. The Morgan fingerprint density at radius 3 is 1.08 bits per heavy atom. The standard InChI is InChI=1S/C57H52O8/c1-5-30-58-34-38-62-51-24-18-46(19-25-51)49-22-28-55(64-40-36-60-32-7-3)53(42-49)57(48-16-14-45(15-17-48)44-12-10-9-11-13-44)54-43-50(23-29-56(54)65-41-37-61-33-8-4)47-20-26-52(27-21-47)63-39-35-59-31-6-2/h1-4,9-29,42-43,57H,30-41H2. The third-order valence-corrected chi connectivity index (χ3v) is 10.1. The SMILES string of the molecule is C#CCOCCOc1ccc(-c2ccc(OCCOCC#C)c(C(c3ccc(-c4ccccc4)cc3)c3cc(-c4ccc(OCCOCC#C)cc4)ccc3OCCOCC#C)c2)cc1. The molecular formula is C57H52O8. The lowest BCUT2D eigenvalue weighted by molar-refractivity contribution is 0.123. The molecule has 0 N–H and O–H groups in total. The van der Waals surface area contributed by atoms with E-state index in [0.717, 1.165) is 61.6 Å². The van der Waals surface area contributed by atoms with Gasteiger partial charge in [0.15, 0.2) is 0 Å². The maximum atomic E-state index is 6.58. The van der Waals surface area contributed by atoms with E-state index in [-0.39, 0.29) is 45.6 Å². The average Bonchev–Trinajstić information content (AvgIpc) is 3.35. The fourth-order valence-corrected chi connectivity index (χ4v) is 7.06. The van der Waals surface area contributed by atoms with E-state index < -0.39 is 0 Å². The van der Waals surface area contributed by atoms with E-state index >= 15 is 0 Å². The van der Waals surface area contributed by atoms with Crippen LogP contribution in [-0.4, -0.2) is 79.3 Å². The molecule has 0 heterocycles. The van der Waals surface area contributed by atoms with Crippen LogP contribution >= 0.6 is 0 Å². The molecule has 0 aliphatic heterocycles. The molecule has 6 aromatic carbocycles. The first-order valence-corrected chi connectivity index (χ1v) is 21.3. The first-order chi connectivity index (χ1) is 32.1. The first kappa shape index (κ1) is 47.1. The van der Waals surface area contributed by atoms with Crippen LogP contribution in [0.4, 0.5) is 0 Å². The van der Waals surface area contributed by atoms with Crippen LogP contribution < -0.4 is 18.9 Å². The maximum absolute atomic E-state index is 6.58. The van der Waals surface area contributed by atoms with E-state index in [9.17, 15) is 0 Å². The van der Waals surface area contributed by atoms with E-state index in [1.807, 2.05) is 78.9 Å². The molecule has 65 heavy (non-hydrogen) atoms. The summed E-state index contributed by atoms with van der Waals surface area (Å²) in [4.78, 5) is 0. The van der Waals surface area contributed by atoms with Crippen LogP contribution in [0.1, 0.15) is 22.6 Å². The minimum atomic E-state index is -0.390. The number of hydrogen-bond donors (Lipinski definition) is 0. The molecule has 0 saturated carbocycles. The smallest absolute Gasteiger partial charge is 0.123 e. The summed E-state index contributed by atoms with van der Waals surface area (Å²) in [6.45, 7) is 3.62. The molecule has 0 radical (unpaired) electrons. The Hall–Kier alpha value is -7.40. The van der Waals surface area contributed by atoms with E-state index in [2.05, 4.69) is 84.3 Å². The van der Waals surface area contributed by atoms with E-state index in [1.165, 1.54) is 0 Å². The molecule has 0 bridgehead atoms. The van der Waals surface area contributed by atoms with Gasteiger partial charge in [0.1, 0.15) is 75.9 Å². The lowest BCUT2D eigenvalue weighted by atomic mass is 9.81. The van der Waals surface area contributed by atoms with Crippen LogP contribution in [0, 0.1) is 49.4 Å². The predicted octanol–water partition coefficient (Wildman–Crippen LogP) is 9.98. The second-order valence-electron chi connectivity index (χ2n) is 14.4. The molecular weight excluding hydrogens is 813 g/mol. The Labute approximate surface area is 383 Å². The van der Waals surface area contributed by atoms with Gasteiger partial charge in [-0.1, -0.05) is 115 Å². The Bertz CT molecular complexity index is 2400. The predicted molar refractivity (Wildman–Crippen MR) is 257 cm³/mol. The molecule has 0 unspecified atom stereocenters. The van der Waals surface area contributed by atoms with E-state index in [0.29, 0.717) is 51.1 Å². The lowest BCUT2D eigenvalue weighted by Crippen LogP contribution is -2.13. The fourth-order valence-electron chi connectivity index (χ4n) is 7.06. The third kappa shape index (κ3) is 14.3. The van der Waals surface area contributed by atoms with Crippen LogP contribution in [0.2, 0.25) is 0 Å². The zero-order valence-corrected chi connectivity index (χ0v) is 36.4. The minimum Gasteiger partial charge on any atom is -0.491 e. The summed E-state index contributed by atoms with van der Waals surface area (Å²) in [5, 5.41) is 0. The average molecular weight is 865 g/mol. The molecule has 0 aliphatic carbocycles. The van der Waals surface area contributed by atoms with Crippen molar-refractivity contribution >= 4 is 0 Å². The maximum Gasteiger partial charge on any atom is 0.123 e. The summed E-state index contributed by atoms with van der Waals surface area (Å²) in [5.74, 6) is 12.4. The van der Waals surface area contributed by atoms with Crippen LogP contribution in [0.3, 0.4) is 0 Å². The van der Waals surface area contributed by atoms with Crippen LogP contribution in [0.5, 0.6) is 23.0 Å². The number of ether oxygens (including phenoxy) is 8. The summed E-state index contributed by atoms with van der Waals surface area (Å²) in [6, 6.07) is 47.4. The zero-order valence-electron chi connectivity index (χ0n) is 36.4. The van der Waals surface area contributed by atoms with Gasteiger partial charge in [-0.05, 0) is 87.5 Å². The Kier molecular flexibility index (Phi) is 19.0. The van der Waals surface area contributed by atoms with Gasteiger partial charge in [-0.25, -0.2) is 0 Å². The molecule has 8 heteroatoms. The van der Waals surface area contributed by atoms with E-state index in [1.54, 1.807) is 0 Å². The van der Waals surface area contributed by atoms with Crippen LogP contribution in [0.15, 0.2) is 140 Å². The molecule has 6 rings (SSSR count). The van der Waals surface area contributed by atoms with Crippen LogP contribution in [0.25, 0.3) is 33.4 Å². The number of rotatable bonds is 26. The van der Waals surface area contributed by atoms with Gasteiger partial charge >= 0.3 is 0 Å². The van der Waals surface area contributed by atoms with Gasteiger partial charge in [0, 0.05) is 17.0 Å². The molecule has 8 nitrogen and oxygen atoms in total. The largest absolute Gasteiger partial charge is 0.491 e. The van der Waals surface area contributed by atoms with Crippen LogP contribution in [-0.2, 0) is 18.9 Å².